The molecule has 12 nitrogen and oxygen atoms in total. The average molecular weight is 568 g/mol. The van der Waals surface area contributed by atoms with E-state index in [1.54, 1.807) is 13.0 Å². The molecule has 4 rings (SSSR count). The van der Waals surface area contributed by atoms with Crippen molar-refractivity contribution in [3.05, 3.63) is 47.8 Å². The molecule has 220 valence electrons. The van der Waals surface area contributed by atoms with Crippen LogP contribution in [0.1, 0.15) is 67.5 Å². The van der Waals surface area contributed by atoms with E-state index in [9.17, 15) is 29.4 Å². The summed E-state index contributed by atoms with van der Waals surface area (Å²) in [6, 6.07) is 9.81. The molecule has 3 N–H and O–H groups in total. The number of nitrogens with zero attached hydrogens (tertiary/aromatic N) is 4. The van der Waals surface area contributed by atoms with Crippen molar-refractivity contribution in [2.24, 2.45) is 0 Å². The van der Waals surface area contributed by atoms with Gasteiger partial charge in [-0.25, -0.2) is 14.8 Å². The number of carboxylic acid groups (broad SMARTS) is 1. The van der Waals surface area contributed by atoms with E-state index in [1.807, 2.05) is 30.3 Å². The van der Waals surface area contributed by atoms with E-state index in [1.165, 1.54) is 9.80 Å². The maximum Gasteiger partial charge on any atom is 0.409 e. The van der Waals surface area contributed by atoms with Crippen molar-refractivity contribution in [1.29, 1.82) is 0 Å². The van der Waals surface area contributed by atoms with Crippen LogP contribution in [-0.2, 0) is 14.3 Å². The first-order valence-corrected chi connectivity index (χ1v) is 14.1. The fraction of sp³-hybridized carbons (Fsp3) is 0.517. The van der Waals surface area contributed by atoms with Gasteiger partial charge in [-0.15, -0.1) is 0 Å². The molecule has 1 atom stereocenters. The second-order valence-corrected chi connectivity index (χ2v) is 10.3. The van der Waals surface area contributed by atoms with Crippen LogP contribution in [0.2, 0.25) is 0 Å². The number of carbonyl (C=O) groups is 4. The summed E-state index contributed by atoms with van der Waals surface area (Å²) >= 11 is 0. The van der Waals surface area contributed by atoms with Gasteiger partial charge in [0.15, 0.2) is 5.82 Å². The number of hydrogen-bond donors (Lipinski definition) is 3. The van der Waals surface area contributed by atoms with Crippen LogP contribution in [0.15, 0.2) is 36.4 Å². The van der Waals surface area contributed by atoms with Gasteiger partial charge >= 0.3 is 12.1 Å². The van der Waals surface area contributed by atoms with Gasteiger partial charge in [0.25, 0.3) is 5.91 Å². The monoisotopic (exact) mass is 567 g/mol. The van der Waals surface area contributed by atoms with Gasteiger partial charge in [-0.3, -0.25) is 14.4 Å². The molecule has 0 radical (unpaired) electrons. The molecule has 2 heterocycles. The highest BCUT2D eigenvalue weighted by molar-refractivity contribution is 5.96. The van der Waals surface area contributed by atoms with Crippen molar-refractivity contribution >= 4 is 23.9 Å². The number of aliphatic hydroxyl groups is 1. The first-order valence-electron chi connectivity index (χ1n) is 14.1. The van der Waals surface area contributed by atoms with Gasteiger partial charge in [-0.1, -0.05) is 30.3 Å². The van der Waals surface area contributed by atoms with Crippen molar-refractivity contribution in [1.82, 2.24) is 25.1 Å². The summed E-state index contributed by atoms with van der Waals surface area (Å²) in [7, 11) is 0. The van der Waals surface area contributed by atoms with E-state index >= 15 is 0 Å². The van der Waals surface area contributed by atoms with Crippen molar-refractivity contribution in [3.63, 3.8) is 0 Å². The van der Waals surface area contributed by atoms with Gasteiger partial charge in [-0.2, -0.15) is 0 Å². The van der Waals surface area contributed by atoms with Gasteiger partial charge in [0.2, 0.25) is 5.91 Å². The normalized spacial score (nSPS) is 19.8. The number of aliphatic carboxylic acids is 1. The topological polar surface area (TPSA) is 162 Å². The summed E-state index contributed by atoms with van der Waals surface area (Å²) < 4.78 is 5.03. The second kappa shape index (κ2) is 14.0. The lowest BCUT2D eigenvalue weighted by atomic mass is 9.85. The number of benzene rings is 1. The summed E-state index contributed by atoms with van der Waals surface area (Å²) in [4.78, 5) is 62.7. The largest absolute Gasteiger partial charge is 0.481 e. The zero-order chi connectivity index (χ0) is 29.4. The van der Waals surface area contributed by atoms with E-state index < -0.39 is 29.9 Å². The summed E-state index contributed by atoms with van der Waals surface area (Å²) in [6.45, 7) is 2.99. The molecular weight excluding hydrogens is 530 g/mol. The van der Waals surface area contributed by atoms with Gasteiger partial charge in [0.1, 0.15) is 11.7 Å². The van der Waals surface area contributed by atoms with Crippen molar-refractivity contribution < 1.29 is 34.1 Å². The molecule has 1 aliphatic carbocycles. The number of nitrogens with one attached hydrogen (secondary N) is 1. The van der Waals surface area contributed by atoms with Crippen LogP contribution >= 0.6 is 0 Å². The lowest BCUT2D eigenvalue weighted by Crippen LogP contribution is -2.56. The molecular formula is C29H37N5O7. The minimum atomic E-state index is -1.09. The van der Waals surface area contributed by atoms with Crippen LogP contribution < -0.4 is 5.32 Å². The molecule has 0 spiro atoms. The SMILES string of the molecule is CCOC(=O)N1CCN(C(=O)[C@H](CCC(=O)O)NC(=O)c2cc(C3CCC(O)CC3)nc(-c3ccccc3)n2)CC1. The third kappa shape index (κ3) is 8.00. The number of piperazine rings is 1. The van der Waals surface area contributed by atoms with Crippen LogP contribution in [0, 0.1) is 0 Å². The van der Waals surface area contributed by atoms with E-state index in [2.05, 4.69) is 10.3 Å². The number of rotatable bonds is 9. The Balaban J connectivity index is 1.54. The van der Waals surface area contributed by atoms with Gasteiger partial charge in [0, 0.05) is 49.8 Å². The zero-order valence-electron chi connectivity index (χ0n) is 23.2. The number of carboxylic acids is 1. The fourth-order valence-electron chi connectivity index (χ4n) is 5.18. The molecule has 2 aromatic rings. The Bertz CT molecular complexity index is 1230. The number of carbonyl (C=O) groups excluding carboxylic acids is 3. The smallest absolute Gasteiger partial charge is 0.409 e. The van der Waals surface area contributed by atoms with Crippen molar-refractivity contribution in [2.75, 3.05) is 32.8 Å². The third-order valence-electron chi connectivity index (χ3n) is 7.49. The summed E-state index contributed by atoms with van der Waals surface area (Å²) in [5.74, 6) is -1.67. The van der Waals surface area contributed by atoms with Crippen molar-refractivity contribution in [3.8, 4) is 11.4 Å². The Morgan fingerprint density at radius 2 is 1.66 bits per heavy atom. The Labute approximate surface area is 238 Å². The first-order chi connectivity index (χ1) is 19.7. The summed E-state index contributed by atoms with van der Waals surface area (Å²) in [5.41, 5.74) is 1.51. The van der Waals surface area contributed by atoms with Crippen molar-refractivity contribution in [2.45, 2.75) is 63.5 Å². The van der Waals surface area contributed by atoms with Gasteiger partial charge in [-0.05, 0) is 45.1 Å². The van der Waals surface area contributed by atoms with E-state index in [4.69, 9.17) is 9.72 Å². The molecule has 3 amide bonds. The number of aliphatic hydroxyl groups excluding tert-OH is 1. The average Bonchev–Trinajstić information content (AvgIpc) is 2.99. The molecule has 1 aromatic heterocycles. The fourth-order valence-corrected chi connectivity index (χ4v) is 5.18. The van der Waals surface area contributed by atoms with E-state index in [0.29, 0.717) is 24.4 Å². The summed E-state index contributed by atoms with van der Waals surface area (Å²) in [6.07, 6.45) is 1.55. The van der Waals surface area contributed by atoms with Crippen LogP contribution in [0.25, 0.3) is 11.4 Å². The highest BCUT2D eigenvalue weighted by atomic mass is 16.6. The Kier molecular flexibility index (Phi) is 10.2. The quantitative estimate of drug-likeness (QED) is 0.413. The number of ether oxygens (including phenoxy) is 1. The molecule has 12 heteroatoms. The highest BCUT2D eigenvalue weighted by Crippen LogP contribution is 2.33. The predicted molar refractivity (Wildman–Crippen MR) is 148 cm³/mol. The van der Waals surface area contributed by atoms with Crippen LogP contribution in [-0.4, -0.2) is 98.8 Å². The minimum absolute atomic E-state index is 0.0514. The highest BCUT2D eigenvalue weighted by Gasteiger charge is 2.32. The number of aromatic nitrogens is 2. The van der Waals surface area contributed by atoms with Crippen LogP contribution in [0.4, 0.5) is 4.79 Å². The van der Waals surface area contributed by atoms with E-state index in [0.717, 1.165) is 18.4 Å². The molecule has 1 saturated heterocycles. The molecule has 0 bridgehead atoms. The zero-order valence-corrected chi connectivity index (χ0v) is 23.2. The molecule has 1 saturated carbocycles. The minimum Gasteiger partial charge on any atom is -0.481 e. The van der Waals surface area contributed by atoms with E-state index in [-0.39, 0.29) is 63.3 Å². The van der Waals surface area contributed by atoms with Gasteiger partial charge < -0.3 is 30.1 Å². The Morgan fingerprint density at radius 3 is 2.29 bits per heavy atom. The second-order valence-electron chi connectivity index (χ2n) is 10.3. The number of amides is 3. The standard InChI is InChI=1S/C29H37N5O7/c1-2-41-29(40)34-16-14-33(15-17-34)28(39)22(12-13-25(36)37)32-27(38)24-18-23(19-8-10-21(35)11-9-19)30-26(31-24)20-6-4-3-5-7-20/h3-7,18-19,21-22,35H,2,8-17H2,1H3,(H,32,38)(H,36,37)/t19?,21?,22-/m0/s1. The Hall–Kier alpha value is -4.06. The molecule has 41 heavy (non-hydrogen) atoms. The molecule has 2 fully saturated rings. The molecule has 0 unspecified atom stereocenters. The third-order valence-corrected chi connectivity index (χ3v) is 7.49. The maximum atomic E-state index is 13.5. The van der Waals surface area contributed by atoms with Gasteiger partial charge in [0.05, 0.1) is 12.7 Å². The first kappa shape index (κ1) is 29.9. The lowest BCUT2D eigenvalue weighted by Gasteiger charge is -2.36. The lowest BCUT2D eigenvalue weighted by molar-refractivity contribution is -0.138. The molecule has 1 aromatic carbocycles. The Morgan fingerprint density at radius 1 is 1.00 bits per heavy atom. The molecule has 1 aliphatic heterocycles. The number of hydrogen-bond acceptors (Lipinski definition) is 8. The van der Waals surface area contributed by atoms with Crippen LogP contribution in [0.5, 0.6) is 0 Å². The summed E-state index contributed by atoms with van der Waals surface area (Å²) in [5, 5.41) is 22.0. The molecule has 2 aliphatic rings. The maximum absolute atomic E-state index is 13.5. The predicted octanol–water partition coefficient (Wildman–Crippen LogP) is 2.43. The van der Waals surface area contributed by atoms with Crippen LogP contribution in [0.3, 0.4) is 0 Å².